The number of hydrogen-bond donors (Lipinski definition) is 3. The Hall–Kier alpha value is -2.04. The molecular formula is C15H18N2O3. The van der Waals surface area contributed by atoms with Crippen LogP contribution in [0.15, 0.2) is 24.3 Å². The van der Waals surface area contributed by atoms with Gasteiger partial charge in [0.2, 0.25) is 5.91 Å². The Balaban J connectivity index is 1.70. The van der Waals surface area contributed by atoms with Crippen molar-refractivity contribution in [3.05, 3.63) is 29.8 Å². The van der Waals surface area contributed by atoms with Crippen molar-refractivity contribution < 1.29 is 14.7 Å². The molecule has 1 saturated carbocycles. The van der Waals surface area contributed by atoms with E-state index in [0.29, 0.717) is 6.42 Å². The van der Waals surface area contributed by atoms with E-state index in [1.165, 1.54) is 0 Å². The summed E-state index contributed by atoms with van der Waals surface area (Å²) < 4.78 is 0. The van der Waals surface area contributed by atoms with Crippen LogP contribution in [-0.4, -0.2) is 28.6 Å². The van der Waals surface area contributed by atoms with Crippen LogP contribution in [0.4, 0.5) is 5.69 Å². The number of carboxylic acids is 1. The van der Waals surface area contributed by atoms with Crippen LogP contribution in [0.3, 0.4) is 0 Å². The fourth-order valence-electron chi connectivity index (χ4n) is 2.79. The Labute approximate surface area is 117 Å². The zero-order valence-corrected chi connectivity index (χ0v) is 11.3. The molecule has 0 bridgehead atoms. The SMILES string of the molecule is CC(NC(=O)[C@@H]1Cc2ccccc2N1)(C(=O)O)C1CC1. The maximum Gasteiger partial charge on any atom is 0.329 e. The first-order valence-electron chi connectivity index (χ1n) is 6.90. The van der Waals surface area contributed by atoms with Crippen molar-refractivity contribution in [1.82, 2.24) is 5.32 Å². The number of fused-ring (bicyclic) bond motifs is 1. The van der Waals surface area contributed by atoms with Crippen LogP contribution in [-0.2, 0) is 16.0 Å². The molecule has 20 heavy (non-hydrogen) atoms. The van der Waals surface area contributed by atoms with E-state index in [4.69, 9.17) is 0 Å². The molecule has 1 amide bonds. The summed E-state index contributed by atoms with van der Waals surface area (Å²) in [6.07, 6.45) is 2.32. The lowest BCUT2D eigenvalue weighted by Crippen LogP contribution is -2.57. The normalized spacial score (nSPS) is 23.4. The highest BCUT2D eigenvalue weighted by Gasteiger charge is 2.49. The number of benzene rings is 1. The van der Waals surface area contributed by atoms with Crippen molar-refractivity contribution in [3.8, 4) is 0 Å². The Morgan fingerprint density at radius 2 is 2.05 bits per heavy atom. The standard InChI is InChI=1S/C15H18N2O3/c1-15(14(19)20,10-6-7-10)17-13(18)12-8-9-4-2-3-5-11(9)16-12/h2-5,10,12,16H,6-8H2,1H3,(H,17,18)(H,19,20)/t12-,15?/m0/s1. The van der Waals surface area contributed by atoms with Gasteiger partial charge in [-0.1, -0.05) is 18.2 Å². The summed E-state index contributed by atoms with van der Waals surface area (Å²) in [5.41, 5.74) is 0.903. The summed E-state index contributed by atoms with van der Waals surface area (Å²) >= 11 is 0. The lowest BCUT2D eigenvalue weighted by atomic mass is 9.95. The second kappa shape index (κ2) is 4.51. The third-order valence-corrected chi connectivity index (χ3v) is 4.31. The largest absolute Gasteiger partial charge is 0.480 e. The first kappa shape index (κ1) is 13.0. The fourth-order valence-corrected chi connectivity index (χ4v) is 2.79. The highest BCUT2D eigenvalue weighted by molar-refractivity contribution is 5.92. The molecule has 1 aliphatic heterocycles. The smallest absolute Gasteiger partial charge is 0.329 e. The lowest BCUT2D eigenvalue weighted by Gasteiger charge is -2.27. The minimum Gasteiger partial charge on any atom is -0.480 e. The molecule has 5 nitrogen and oxygen atoms in total. The average molecular weight is 274 g/mol. The lowest BCUT2D eigenvalue weighted by molar-refractivity contribution is -0.148. The molecule has 106 valence electrons. The van der Waals surface area contributed by atoms with Crippen molar-refractivity contribution in [3.63, 3.8) is 0 Å². The Bertz CT molecular complexity index is 543. The maximum atomic E-state index is 12.3. The van der Waals surface area contributed by atoms with E-state index in [9.17, 15) is 14.7 Å². The van der Waals surface area contributed by atoms with Crippen molar-refractivity contribution in [2.24, 2.45) is 5.92 Å². The van der Waals surface area contributed by atoms with Gasteiger partial charge in [-0.3, -0.25) is 4.79 Å². The molecule has 0 saturated heterocycles. The zero-order valence-electron chi connectivity index (χ0n) is 11.3. The summed E-state index contributed by atoms with van der Waals surface area (Å²) in [5.74, 6) is -1.14. The minimum atomic E-state index is -1.15. The van der Waals surface area contributed by atoms with E-state index in [1.54, 1.807) is 6.92 Å². The van der Waals surface area contributed by atoms with Gasteiger partial charge in [0.1, 0.15) is 11.6 Å². The van der Waals surface area contributed by atoms with Gasteiger partial charge in [-0.05, 0) is 37.3 Å². The predicted octanol–water partition coefficient (Wildman–Crippen LogP) is 1.39. The number of anilines is 1. The van der Waals surface area contributed by atoms with Gasteiger partial charge in [-0.25, -0.2) is 4.79 Å². The Morgan fingerprint density at radius 3 is 2.65 bits per heavy atom. The van der Waals surface area contributed by atoms with Gasteiger partial charge in [-0.2, -0.15) is 0 Å². The maximum absolute atomic E-state index is 12.3. The van der Waals surface area contributed by atoms with Gasteiger partial charge in [0.15, 0.2) is 0 Å². The van der Waals surface area contributed by atoms with Gasteiger partial charge >= 0.3 is 5.97 Å². The molecule has 1 aromatic rings. The summed E-state index contributed by atoms with van der Waals surface area (Å²) in [5, 5.41) is 15.3. The molecule has 1 unspecified atom stereocenters. The topological polar surface area (TPSA) is 78.4 Å². The molecule has 1 aromatic carbocycles. The summed E-state index contributed by atoms with van der Waals surface area (Å²) in [7, 11) is 0. The summed E-state index contributed by atoms with van der Waals surface area (Å²) in [4.78, 5) is 23.8. The van der Waals surface area contributed by atoms with E-state index in [1.807, 2.05) is 24.3 Å². The first-order chi connectivity index (χ1) is 9.50. The number of hydrogen-bond acceptors (Lipinski definition) is 3. The first-order valence-corrected chi connectivity index (χ1v) is 6.90. The third-order valence-electron chi connectivity index (χ3n) is 4.31. The molecular weight excluding hydrogens is 256 g/mol. The van der Waals surface area contributed by atoms with Crippen molar-refractivity contribution >= 4 is 17.6 Å². The Kier molecular flexibility index (Phi) is 2.92. The molecule has 0 spiro atoms. The quantitative estimate of drug-likeness (QED) is 0.775. The average Bonchev–Trinajstić information content (AvgIpc) is 3.17. The number of nitrogens with one attached hydrogen (secondary N) is 2. The van der Waals surface area contributed by atoms with Crippen molar-refractivity contribution in [1.29, 1.82) is 0 Å². The molecule has 3 N–H and O–H groups in total. The highest BCUT2D eigenvalue weighted by Crippen LogP contribution is 2.40. The van der Waals surface area contributed by atoms with Crippen LogP contribution in [0.25, 0.3) is 0 Å². The van der Waals surface area contributed by atoms with Crippen LogP contribution in [0.2, 0.25) is 0 Å². The molecule has 0 aromatic heterocycles. The number of aliphatic carboxylic acids is 1. The molecule has 5 heteroatoms. The second-order valence-corrected chi connectivity index (χ2v) is 5.83. The summed E-state index contributed by atoms with van der Waals surface area (Å²) in [6, 6.07) is 7.38. The molecule has 1 heterocycles. The van der Waals surface area contributed by atoms with Gasteiger partial charge in [0.25, 0.3) is 0 Å². The number of rotatable bonds is 4. The second-order valence-electron chi connectivity index (χ2n) is 5.83. The predicted molar refractivity (Wildman–Crippen MR) is 74.5 cm³/mol. The fraction of sp³-hybridized carbons (Fsp3) is 0.467. The monoisotopic (exact) mass is 274 g/mol. The van der Waals surface area contributed by atoms with Crippen LogP contribution in [0.5, 0.6) is 0 Å². The van der Waals surface area contributed by atoms with Gasteiger partial charge in [-0.15, -0.1) is 0 Å². The van der Waals surface area contributed by atoms with E-state index in [-0.39, 0.29) is 17.9 Å². The molecule has 0 radical (unpaired) electrons. The molecule has 1 aliphatic carbocycles. The van der Waals surface area contributed by atoms with E-state index >= 15 is 0 Å². The molecule has 2 aliphatic rings. The van der Waals surface area contributed by atoms with Crippen molar-refractivity contribution in [2.75, 3.05) is 5.32 Å². The van der Waals surface area contributed by atoms with E-state index in [0.717, 1.165) is 24.1 Å². The highest BCUT2D eigenvalue weighted by atomic mass is 16.4. The number of carbonyl (C=O) groups is 2. The van der Waals surface area contributed by atoms with E-state index < -0.39 is 11.5 Å². The zero-order chi connectivity index (χ0) is 14.3. The number of carboxylic acid groups (broad SMARTS) is 1. The van der Waals surface area contributed by atoms with Gasteiger partial charge in [0.05, 0.1) is 0 Å². The molecule has 2 atom stereocenters. The van der Waals surface area contributed by atoms with Crippen molar-refractivity contribution in [2.45, 2.75) is 37.8 Å². The number of amides is 1. The van der Waals surface area contributed by atoms with Crippen LogP contribution < -0.4 is 10.6 Å². The van der Waals surface area contributed by atoms with E-state index in [2.05, 4.69) is 10.6 Å². The summed E-state index contributed by atoms with van der Waals surface area (Å²) in [6.45, 7) is 1.60. The molecule has 3 rings (SSSR count). The third kappa shape index (κ3) is 2.13. The van der Waals surface area contributed by atoms with Crippen LogP contribution >= 0.6 is 0 Å². The van der Waals surface area contributed by atoms with Gasteiger partial charge in [0, 0.05) is 12.1 Å². The van der Waals surface area contributed by atoms with Crippen LogP contribution in [0, 0.1) is 5.92 Å². The van der Waals surface area contributed by atoms with Gasteiger partial charge < -0.3 is 15.7 Å². The van der Waals surface area contributed by atoms with Crippen LogP contribution in [0.1, 0.15) is 25.3 Å². The minimum absolute atomic E-state index is 0.0488. The number of para-hydroxylation sites is 1. The molecule has 1 fully saturated rings. The number of carbonyl (C=O) groups excluding carboxylic acids is 1. The Morgan fingerprint density at radius 1 is 1.35 bits per heavy atom.